The first-order valence-corrected chi connectivity index (χ1v) is 3.96. The fourth-order valence-electron chi connectivity index (χ4n) is 0.956. The normalized spacial score (nSPS) is 11.6. The van der Waals surface area contributed by atoms with Crippen molar-refractivity contribution in [1.82, 2.24) is 0 Å². The van der Waals surface area contributed by atoms with Crippen molar-refractivity contribution >= 4 is 6.29 Å². The van der Waals surface area contributed by atoms with E-state index in [-0.39, 0.29) is 0 Å². The Morgan fingerprint density at radius 1 is 1.40 bits per heavy atom. The van der Waals surface area contributed by atoms with E-state index >= 15 is 0 Å². The fourth-order valence-corrected chi connectivity index (χ4v) is 0.956. The number of carbonyl (C=O) groups is 1. The van der Waals surface area contributed by atoms with Gasteiger partial charge in [-0.2, -0.15) is 0 Å². The van der Waals surface area contributed by atoms with Crippen LogP contribution in [0.15, 0.2) is 11.6 Å². The Morgan fingerprint density at radius 2 is 2.10 bits per heavy atom. The van der Waals surface area contributed by atoms with Gasteiger partial charge in [-0.05, 0) is 19.3 Å². The minimum Gasteiger partial charge on any atom is -0.303 e. The Balaban J connectivity index is 3.59. The Morgan fingerprint density at radius 3 is 2.50 bits per heavy atom. The van der Waals surface area contributed by atoms with Crippen molar-refractivity contribution in [1.29, 1.82) is 0 Å². The molecule has 0 atom stereocenters. The van der Waals surface area contributed by atoms with Crippen LogP contribution in [0.1, 0.15) is 39.5 Å². The van der Waals surface area contributed by atoms with Crippen LogP contribution in [0.5, 0.6) is 0 Å². The number of hydrogen-bond donors (Lipinski definition) is 0. The van der Waals surface area contributed by atoms with Gasteiger partial charge in [0.15, 0.2) is 0 Å². The minimum absolute atomic E-state index is 0.680. The molecule has 58 valence electrons. The number of carbonyl (C=O) groups excluding carboxylic acids is 1. The molecule has 0 aliphatic heterocycles. The van der Waals surface area contributed by atoms with Gasteiger partial charge in [0.25, 0.3) is 0 Å². The van der Waals surface area contributed by atoms with E-state index in [2.05, 4.69) is 19.9 Å². The van der Waals surface area contributed by atoms with Gasteiger partial charge >= 0.3 is 0 Å². The first kappa shape index (κ1) is 9.41. The average Bonchev–Trinajstić information content (AvgIpc) is 1.98. The molecule has 1 nitrogen and oxygen atoms in total. The minimum atomic E-state index is 0.680. The summed E-state index contributed by atoms with van der Waals surface area (Å²) in [6.07, 6.45) is 7.00. The molecule has 0 aliphatic rings. The fraction of sp³-hybridized carbons (Fsp3) is 0.667. The molecule has 0 saturated heterocycles. The third-order valence-electron chi connectivity index (χ3n) is 1.53. The molecule has 0 amide bonds. The topological polar surface area (TPSA) is 17.1 Å². The second-order valence-electron chi connectivity index (χ2n) is 2.33. The van der Waals surface area contributed by atoms with Crippen LogP contribution in [0.4, 0.5) is 0 Å². The first-order chi connectivity index (χ1) is 4.85. The van der Waals surface area contributed by atoms with Crippen LogP contribution >= 0.6 is 0 Å². The quantitative estimate of drug-likeness (QED) is 0.424. The Kier molecular flexibility index (Phi) is 6.14. The number of rotatable bonds is 5. The summed E-state index contributed by atoms with van der Waals surface area (Å²) in [5, 5.41) is 0. The predicted octanol–water partition coefficient (Wildman–Crippen LogP) is 2.71. The van der Waals surface area contributed by atoms with E-state index < -0.39 is 0 Å². The molecule has 0 radical (unpaired) electrons. The molecule has 10 heavy (non-hydrogen) atoms. The third kappa shape index (κ3) is 4.30. The standard InChI is InChI=1S/C9H16O/c1-3-6-9(4-2)7-5-8-10/h6,8H,3-5,7H2,1-2H3/b9-6-. The molecular weight excluding hydrogens is 124 g/mol. The molecule has 0 N–H and O–H groups in total. The molecule has 0 heterocycles. The number of hydrogen-bond acceptors (Lipinski definition) is 1. The van der Waals surface area contributed by atoms with Gasteiger partial charge in [0, 0.05) is 6.42 Å². The average molecular weight is 140 g/mol. The van der Waals surface area contributed by atoms with Crippen molar-refractivity contribution in [3.05, 3.63) is 11.6 Å². The van der Waals surface area contributed by atoms with E-state index in [0.717, 1.165) is 25.5 Å². The lowest BCUT2D eigenvalue weighted by Crippen LogP contribution is -1.82. The second-order valence-corrected chi connectivity index (χ2v) is 2.33. The molecule has 0 aromatic carbocycles. The summed E-state index contributed by atoms with van der Waals surface area (Å²) in [4.78, 5) is 10.0. The predicted molar refractivity (Wildman–Crippen MR) is 44.0 cm³/mol. The first-order valence-electron chi connectivity index (χ1n) is 3.96. The van der Waals surface area contributed by atoms with Crippen molar-refractivity contribution < 1.29 is 4.79 Å². The molecule has 1 heteroatoms. The highest BCUT2D eigenvalue weighted by molar-refractivity contribution is 5.49. The molecule has 0 fully saturated rings. The van der Waals surface area contributed by atoms with Gasteiger partial charge in [-0.15, -0.1) is 0 Å². The van der Waals surface area contributed by atoms with E-state index in [1.54, 1.807) is 0 Å². The summed E-state index contributed by atoms with van der Waals surface area (Å²) in [5.41, 5.74) is 1.41. The van der Waals surface area contributed by atoms with Gasteiger partial charge in [-0.1, -0.05) is 25.5 Å². The van der Waals surface area contributed by atoms with E-state index in [1.165, 1.54) is 5.57 Å². The molecule has 0 spiro atoms. The highest BCUT2D eigenvalue weighted by atomic mass is 16.1. The Labute approximate surface area is 63.1 Å². The summed E-state index contributed by atoms with van der Waals surface area (Å²) in [7, 11) is 0. The maximum absolute atomic E-state index is 10.0. The molecule has 0 aliphatic carbocycles. The molecule has 0 aromatic heterocycles. The molecule has 0 bridgehead atoms. The zero-order chi connectivity index (χ0) is 7.82. The van der Waals surface area contributed by atoms with Crippen LogP contribution in [0.25, 0.3) is 0 Å². The van der Waals surface area contributed by atoms with Gasteiger partial charge in [0.2, 0.25) is 0 Å². The number of allylic oxidation sites excluding steroid dienone is 2. The number of aldehydes is 1. The van der Waals surface area contributed by atoms with Crippen molar-refractivity contribution in [3.8, 4) is 0 Å². The van der Waals surface area contributed by atoms with Gasteiger partial charge in [-0.3, -0.25) is 0 Å². The second kappa shape index (κ2) is 6.53. The summed E-state index contributed by atoms with van der Waals surface area (Å²) in [5.74, 6) is 0. The monoisotopic (exact) mass is 140 g/mol. The molecule has 0 unspecified atom stereocenters. The van der Waals surface area contributed by atoms with E-state index in [0.29, 0.717) is 6.42 Å². The van der Waals surface area contributed by atoms with Gasteiger partial charge in [0.1, 0.15) is 6.29 Å². The lowest BCUT2D eigenvalue weighted by atomic mass is 10.1. The van der Waals surface area contributed by atoms with Crippen molar-refractivity contribution in [2.45, 2.75) is 39.5 Å². The summed E-state index contributed by atoms with van der Waals surface area (Å²) in [6, 6.07) is 0. The van der Waals surface area contributed by atoms with E-state index in [9.17, 15) is 4.79 Å². The van der Waals surface area contributed by atoms with Crippen LogP contribution in [0, 0.1) is 0 Å². The maximum Gasteiger partial charge on any atom is 0.120 e. The van der Waals surface area contributed by atoms with Crippen LogP contribution < -0.4 is 0 Å². The Hall–Kier alpha value is -0.590. The van der Waals surface area contributed by atoms with E-state index in [1.807, 2.05) is 0 Å². The highest BCUT2D eigenvalue weighted by Gasteiger charge is 1.91. The molecule has 0 saturated carbocycles. The van der Waals surface area contributed by atoms with Crippen LogP contribution in [0.2, 0.25) is 0 Å². The van der Waals surface area contributed by atoms with Crippen molar-refractivity contribution in [3.63, 3.8) is 0 Å². The van der Waals surface area contributed by atoms with Crippen molar-refractivity contribution in [2.75, 3.05) is 0 Å². The van der Waals surface area contributed by atoms with Crippen molar-refractivity contribution in [2.24, 2.45) is 0 Å². The van der Waals surface area contributed by atoms with Crippen LogP contribution in [-0.2, 0) is 4.79 Å². The van der Waals surface area contributed by atoms with Gasteiger partial charge < -0.3 is 4.79 Å². The maximum atomic E-state index is 10.0. The molecule has 0 rings (SSSR count). The van der Waals surface area contributed by atoms with E-state index in [4.69, 9.17) is 0 Å². The van der Waals surface area contributed by atoms with Crippen LogP contribution in [0.3, 0.4) is 0 Å². The summed E-state index contributed by atoms with van der Waals surface area (Å²) >= 11 is 0. The summed E-state index contributed by atoms with van der Waals surface area (Å²) < 4.78 is 0. The zero-order valence-corrected chi connectivity index (χ0v) is 6.89. The highest BCUT2D eigenvalue weighted by Crippen LogP contribution is 2.08. The lowest BCUT2D eigenvalue weighted by Gasteiger charge is -1.98. The zero-order valence-electron chi connectivity index (χ0n) is 6.89. The van der Waals surface area contributed by atoms with Gasteiger partial charge in [-0.25, -0.2) is 0 Å². The largest absolute Gasteiger partial charge is 0.303 e. The third-order valence-corrected chi connectivity index (χ3v) is 1.53. The smallest absolute Gasteiger partial charge is 0.120 e. The Bertz CT molecular complexity index is 114. The lowest BCUT2D eigenvalue weighted by molar-refractivity contribution is -0.107. The SMILES string of the molecule is CC/C=C(/CC)CCC=O. The molecular formula is C9H16O. The summed E-state index contributed by atoms with van der Waals surface area (Å²) in [6.45, 7) is 4.25. The molecule has 0 aromatic rings. The van der Waals surface area contributed by atoms with Crippen LogP contribution in [-0.4, -0.2) is 6.29 Å². The van der Waals surface area contributed by atoms with Gasteiger partial charge in [0.05, 0.1) is 0 Å².